The fraction of sp³-hybridized carbons (Fsp3) is 0.162. The van der Waals surface area contributed by atoms with E-state index in [0.29, 0.717) is 0 Å². The predicted octanol–water partition coefficient (Wildman–Crippen LogP) is 16.7. The number of fused-ring (bicyclic) bond motifs is 9. The van der Waals surface area contributed by atoms with E-state index < -0.39 is 16.4 Å². The molecular weight excluding hydrogens is 1130 g/mol. The topological polar surface area (TPSA) is 19.4 Å². The number of pyridine rings is 1. The third-order valence-electron chi connectivity index (χ3n) is 17.6. The molecule has 2 heterocycles. The molecule has 4 aliphatic rings. The van der Waals surface area contributed by atoms with Gasteiger partial charge in [0.1, 0.15) is 0 Å². The molecule has 3 nitrogen and oxygen atoms in total. The summed E-state index contributed by atoms with van der Waals surface area (Å²) in [6.45, 7) is 20.0. The average molecular weight is 1190 g/mol. The van der Waals surface area contributed by atoms with E-state index in [0.717, 1.165) is 33.5 Å². The van der Waals surface area contributed by atoms with Crippen LogP contribution in [-0.2, 0) is 37.4 Å². The molecule has 4 heteroatoms. The molecule has 14 rings (SSSR count). The van der Waals surface area contributed by atoms with E-state index in [1.807, 2.05) is 6.20 Å². The van der Waals surface area contributed by atoms with Gasteiger partial charge in [-0.1, -0.05) is 161 Å². The minimum atomic E-state index is -0.848. The molecule has 384 valence electrons. The number of hydrogen-bond donors (Lipinski definition) is 0. The minimum absolute atomic E-state index is 0. The zero-order valence-corrected chi connectivity index (χ0v) is 48.0. The maximum absolute atomic E-state index is 5.52. The third-order valence-corrected chi connectivity index (χ3v) is 17.6. The van der Waals surface area contributed by atoms with Crippen LogP contribution in [-0.4, -0.2) is 21.8 Å². The van der Waals surface area contributed by atoms with Crippen molar-refractivity contribution in [1.29, 1.82) is 0 Å². The first-order valence-corrected chi connectivity index (χ1v) is 27.1. The van der Waals surface area contributed by atoms with E-state index in [4.69, 9.17) is 4.98 Å². The van der Waals surface area contributed by atoms with Gasteiger partial charge < -0.3 is 9.80 Å². The summed E-state index contributed by atoms with van der Waals surface area (Å²) in [5, 5.41) is 0. The number of aryl methyl sites for hydroxylation is 8. The molecule has 0 N–H and O–H groups in total. The number of benzene rings is 9. The van der Waals surface area contributed by atoms with Gasteiger partial charge in [0.05, 0.1) is 16.6 Å². The van der Waals surface area contributed by atoms with Gasteiger partial charge in [0, 0.05) is 32.7 Å². The molecule has 0 amide bonds. The summed E-state index contributed by atoms with van der Waals surface area (Å²) in [7, 11) is 2.12. The first-order valence-electron chi connectivity index (χ1n) is 27.1. The molecule has 0 saturated heterocycles. The van der Waals surface area contributed by atoms with Crippen LogP contribution in [0.1, 0.15) is 106 Å². The second-order valence-electron chi connectivity index (χ2n) is 22.6. The molecule has 1 aromatic heterocycles. The molecule has 3 aliphatic carbocycles. The van der Waals surface area contributed by atoms with Gasteiger partial charge in [-0.2, -0.15) is 55.2 Å². The summed E-state index contributed by atoms with van der Waals surface area (Å²) in [5.74, 6) is 0. The van der Waals surface area contributed by atoms with Gasteiger partial charge >= 0.3 is 0 Å². The third kappa shape index (κ3) is 6.89. The molecule has 0 saturated carbocycles. The fourth-order valence-electron chi connectivity index (χ4n) is 14.3. The first-order chi connectivity index (χ1) is 37.3. The Kier molecular flexibility index (Phi) is 11.5. The summed E-state index contributed by atoms with van der Waals surface area (Å²) < 4.78 is 0. The average Bonchev–Trinajstić information content (AvgIpc) is 4.35. The Bertz CT molecular complexity index is 4000. The van der Waals surface area contributed by atoms with Crippen LogP contribution in [0.2, 0.25) is 0 Å². The smallest absolute Gasteiger partial charge is 0.0686 e. The van der Waals surface area contributed by atoms with Gasteiger partial charge in [-0.05, 0) is 176 Å². The monoisotopic (exact) mass is 1190 g/mol. The number of aromatic nitrogens is 1. The van der Waals surface area contributed by atoms with Crippen molar-refractivity contribution in [2.45, 2.75) is 71.8 Å². The van der Waals surface area contributed by atoms with Crippen LogP contribution in [0, 0.1) is 74.2 Å². The Balaban J connectivity index is 0.00000579. The van der Waals surface area contributed by atoms with Crippen molar-refractivity contribution in [3.05, 3.63) is 319 Å². The van der Waals surface area contributed by atoms with Crippen LogP contribution in [0.5, 0.6) is 0 Å². The Morgan fingerprint density at radius 3 is 1.21 bits per heavy atom. The van der Waals surface area contributed by atoms with Crippen LogP contribution in [0.25, 0.3) is 44.5 Å². The summed E-state index contributed by atoms with van der Waals surface area (Å²) in [4.78, 5) is 10.1. The summed E-state index contributed by atoms with van der Waals surface area (Å²) in [5.41, 5.74) is 29.9. The van der Waals surface area contributed by atoms with Crippen molar-refractivity contribution in [2.24, 2.45) is 0 Å². The molecule has 9 aromatic carbocycles. The second kappa shape index (κ2) is 18.1. The zero-order valence-electron chi connectivity index (χ0n) is 45.7. The van der Waals surface area contributed by atoms with Crippen molar-refractivity contribution in [1.82, 2.24) is 14.8 Å². The number of nitrogens with zero attached hydrogens (tertiary/aromatic N) is 3. The van der Waals surface area contributed by atoms with Crippen molar-refractivity contribution in [3.63, 3.8) is 0 Å². The van der Waals surface area contributed by atoms with E-state index in [1.54, 1.807) is 0 Å². The van der Waals surface area contributed by atoms with Gasteiger partial charge in [0.15, 0.2) is 0 Å². The molecular formula is C74H60N3Pt-3. The molecule has 0 spiro atoms. The predicted molar refractivity (Wildman–Crippen MR) is 315 cm³/mol. The van der Waals surface area contributed by atoms with Gasteiger partial charge in [-0.3, -0.25) is 4.98 Å². The Hall–Kier alpha value is -7.84. The molecule has 0 radical (unpaired) electrons. The van der Waals surface area contributed by atoms with Crippen LogP contribution >= 0.6 is 0 Å². The maximum Gasteiger partial charge on any atom is 0.0686 e. The molecule has 0 fully saturated rings. The molecule has 10 aromatic rings. The van der Waals surface area contributed by atoms with Gasteiger partial charge in [-0.15, -0.1) is 22.3 Å². The largest absolute Gasteiger partial charge is 0.511 e. The van der Waals surface area contributed by atoms with Crippen LogP contribution in [0.15, 0.2) is 195 Å². The molecule has 0 bridgehead atoms. The van der Waals surface area contributed by atoms with Gasteiger partial charge in [0.2, 0.25) is 0 Å². The summed E-state index contributed by atoms with van der Waals surface area (Å²) in [6.07, 6.45) is 6.44. The second-order valence-corrected chi connectivity index (χ2v) is 22.6. The van der Waals surface area contributed by atoms with E-state index >= 15 is 0 Å². The van der Waals surface area contributed by atoms with Crippen molar-refractivity contribution >= 4 is 0 Å². The van der Waals surface area contributed by atoms with E-state index in [2.05, 4.69) is 279 Å². The number of rotatable bonds is 7. The SMILES string of the molecule is Cc1ccc2c(c1)C(c1[c-]c(C3(c4cc(-c5c(C)cccc5C)ccn4)c4cc(C)ccc4-c4ccc(C)cc43)ccc1)(c1[c-]c(C3(N4C=CN(C)[CH-]4)c4cc(C)ccc4-c4ccc(C)cc43)ccc1)c1cc(C)ccc1-2.[Pt]. The van der Waals surface area contributed by atoms with E-state index in [1.165, 1.54) is 117 Å². The Morgan fingerprint density at radius 1 is 0.397 bits per heavy atom. The minimum Gasteiger partial charge on any atom is -0.511 e. The molecule has 1 aliphatic heterocycles. The molecule has 0 unspecified atom stereocenters. The quantitative estimate of drug-likeness (QED) is 0.148. The summed E-state index contributed by atoms with van der Waals surface area (Å²) in [6, 6.07) is 76.1. The molecule has 78 heavy (non-hydrogen) atoms. The van der Waals surface area contributed by atoms with Crippen molar-refractivity contribution in [2.75, 3.05) is 7.05 Å². The number of hydrogen-bond acceptors (Lipinski definition) is 3. The van der Waals surface area contributed by atoms with Crippen LogP contribution in [0.4, 0.5) is 0 Å². The van der Waals surface area contributed by atoms with E-state index in [-0.39, 0.29) is 21.1 Å². The van der Waals surface area contributed by atoms with Crippen molar-refractivity contribution in [3.8, 4) is 44.5 Å². The Morgan fingerprint density at radius 2 is 0.769 bits per heavy atom. The van der Waals surface area contributed by atoms with Gasteiger partial charge in [0.25, 0.3) is 0 Å². The maximum atomic E-state index is 5.52. The van der Waals surface area contributed by atoms with Gasteiger partial charge in [-0.25, -0.2) is 0 Å². The fourth-order valence-corrected chi connectivity index (χ4v) is 14.3. The standard InChI is InChI=1S/C74H60N3.Pt/c1-45-19-25-58-59-26-20-46(2)36-65(59)72(64(58)35-45,55-16-12-18-57(43-55)74(77-34-33-76(9)44-77)68-39-49(5)23-29-62(68)63-30-24-50(6)40-69(63)74)54-15-11-17-56(42-54)73(70-41-53(31-32-75-70)71-51(7)13-10-14-52(71)8)66-37-47(3)21-27-60(66)61-28-22-48(4)38-67(61)73;/h10-41,44H,1-9H3;/q-3;. The Labute approximate surface area is 475 Å². The molecule has 0 atom stereocenters. The normalized spacial score (nSPS) is 15.3. The first kappa shape index (κ1) is 49.7. The van der Waals surface area contributed by atoms with Crippen molar-refractivity contribution < 1.29 is 21.1 Å². The summed E-state index contributed by atoms with van der Waals surface area (Å²) >= 11 is 0. The van der Waals surface area contributed by atoms with E-state index in [9.17, 15) is 0 Å². The zero-order chi connectivity index (χ0) is 52.7. The van der Waals surface area contributed by atoms with Crippen LogP contribution in [0.3, 0.4) is 0 Å². The van der Waals surface area contributed by atoms with Crippen LogP contribution < -0.4 is 0 Å².